The van der Waals surface area contributed by atoms with Gasteiger partial charge in [0, 0.05) is 38.2 Å². The summed E-state index contributed by atoms with van der Waals surface area (Å²) in [4.78, 5) is 2.34. The fraction of sp³-hybridized carbons (Fsp3) is 0. The molecule has 258 valence electrons. The third-order valence-electron chi connectivity index (χ3n) is 11.0. The Morgan fingerprint density at radius 1 is 0.364 bits per heavy atom. The fourth-order valence-corrected chi connectivity index (χ4v) is 8.46. The van der Waals surface area contributed by atoms with Gasteiger partial charge in [-0.2, -0.15) is 0 Å². The van der Waals surface area contributed by atoms with Crippen molar-refractivity contribution in [1.82, 2.24) is 4.57 Å². The van der Waals surface area contributed by atoms with Gasteiger partial charge in [0.25, 0.3) is 0 Å². The maximum atomic E-state index is 6.59. The minimum atomic E-state index is 0.873. The number of rotatable bonds is 6. The molecule has 0 spiro atoms. The van der Waals surface area contributed by atoms with Gasteiger partial charge in [0.1, 0.15) is 5.58 Å². The summed E-state index contributed by atoms with van der Waals surface area (Å²) in [5.74, 6) is 0. The Hall–Kier alpha value is -7.36. The number of nitrogens with zero attached hydrogens (tertiary/aromatic N) is 2. The first-order chi connectivity index (χ1) is 27.3. The van der Waals surface area contributed by atoms with Crippen molar-refractivity contribution in [2.45, 2.75) is 0 Å². The van der Waals surface area contributed by atoms with E-state index in [-0.39, 0.29) is 0 Å². The largest absolute Gasteiger partial charge is 0.454 e. The third-order valence-corrected chi connectivity index (χ3v) is 11.0. The first-order valence-electron chi connectivity index (χ1n) is 18.8. The van der Waals surface area contributed by atoms with Crippen molar-refractivity contribution in [1.29, 1.82) is 0 Å². The lowest BCUT2D eigenvalue weighted by Crippen LogP contribution is -2.10. The average molecular weight is 703 g/mol. The molecule has 9 aromatic carbocycles. The molecule has 55 heavy (non-hydrogen) atoms. The van der Waals surface area contributed by atoms with Crippen LogP contribution in [0.4, 0.5) is 17.1 Å². The lowest BCUT2D eigenvalue weighted by molar-refractivity contribution is 0.669. The Balaban J connectivity index is 0.994. The van der Waals surface area contributed by atoms with Crippen molar-refractivity contribution in [2.75, 3.05) is 4.90 Å². The van der Waals surface area contributed by atoms with Crippen LogP contribution in [0.5, 0.6) is 0 Å². The zero-order chi connectivity index (χ0) is 36.3. The summed E-state index contributed by atoms with van der Waals surface area (Å²) in [6.45, 7) is 0. The molecule has 0 unspecified atom stereocenters. The monoisotopic (exact) mass is 702 g/mol. The minimum Gasteiger partial charge on any atom is -0.454 e. The predicted molar refractivity (Wildman–Crippen MR) is 231 cm³/mol. The van der Waals surface area contributed by atoms with Crippen molar-refractivity contribution < 1.29 is 4.42 Å². The molecule has 3 nitrogen and oxygen atoms in total. The molecule has 0 saturated heterocycles. The van der Waals surface area contributed by atoms with Crippen molar-refractivity contribution in [2.24, 2.45) is 0 Å². The molecule has 0 fully saturated rings. The zero-order valence-electron chi connectivity index (χ0n) is 29.9. The lowest BCUT2D eigenvalue weighted by atomic mass is 9.98. The minimum absolute atomic E-state index is 0.873. The highest BCUT2D eigenvalue weighted by atomic mass is 16.3. The Morgan fingerprint density at radius 2 is 0.891 bits per heavy atom. The van der Waals surface area contributed by atoms with E-state index >= 15 is 0 Å². The Morgan fingerprint density at radius 3 is 1.65 bits per heavy atom. The van der Waals surface area contributed by atoms with Crippen LogP contribution in [0.3, 0.4) is 0 Å². The molecule has 11 rings (SSSR count). The standard InChI is InChI=1S/C52H34N2O/c1-2-15-40-37(13-1)14-11-24-46(40)53(50-25-12-20-45-44-19-6-10-26-51(44)55-52(45)50)39-33-31-36(32-34-39)35-27-29-38(30-28-35)41-16-3-7-21-47(41)54-48-22-8-4-17-42(48)43-18-5-9-23-49(43)54/h1-34H. The fourth-order valence-electron chi connectivity index (χ4n) is 8.46. The number of para-hydroxylation sites is 5. The summed E-state index contributed by atoms with van der Waals surface area (Å²) >= 11 is 0. The van der Waals surface area contributed by atoms with Crippen molar-refractivity contribution in [3.8, 4) is 27.9 Å². The molecule has 2 aromatic heterocycles. The first-order valence-corrected chi connectivity index (χ1v) is 18.8. The molecule has 0 atom stereocenters. The summed E-state index contributed by atoms with van der Waals surface area (Å²) in [5.41, 5.74) is 13.2. The van der Waals surface area contributed by atoms with Crippen LogP contribution in [0.25, 0.3) is 82.5 Å². The van der Waals surface area contributed by atoms with Gasteiger partial charge in [-0.15, -0.1) is 0 Å². The van der Waals surface area contributed by atoms with Crippen LogP contribution < -0.4 is 4.90 Å². The molecular weight excluding hydrogens is 669 g/mol. The number of fused-ring (bicyclic) bond motifs is 7. The molecule has 0 amide bonds. The van der Waals surface area contributed by atoms with Crippen LogP contribution in [0.2, 0.25) is 0 Å². The summed E-state index contributed by atoms with van der Waals surface area (Å²) < 4.78 is 8.99. The van der Waals surface area contributed by atoms with E-state index in [1.54, 1.807) is 0 Å². The van der Waals surface area contributed by atoms with E-state index in [4.69, 9.17) is 4.42 Å². The zero-order valence-corrected chi connectivity index (χ0v) is 29.9. The maximum absolute atomic E-state index is 6.59. The molecule has 0 aliphatic rings. The van der Waals surface area contributed by atoms with Crippen LogP contribution in [-0.4, -0.2) is 4.57 Å². The first kappa shape index (κ1) is 31.2. The summed E-state index contributed by atoms with van der Waals surface area (Å²) in [7, 11) is 0. The summed E-state index contributed by atoms with van der Waals surface area (Å²) in [5, 5.41) is 7.13. The van der Waals surface area contributed by atoms with Gasteiger partial charge in [0.15, 0.2) is 5.58 Å². The Bertz CT molecular complexity index is 3150. The van der Waals surface area contributed by atoms with Gasteiger partial charge in [0.2, 0.25) is 0 Å². The second-order valence-corrected chi connectivity index (χ2v) is 14.1. The molecule has 0 N–H and O–H groups in total. The summed E-state index contributed by atoms with van der Waals surface area (Å²) in [6.07, 6.45) is 0. The number of benzene rings is 9. The summed E-state index contributed by atoms with van der Waals surface area (Å²) in [6, 6.07) is 73.8. The van der Waals surface area contributed by atoms with Crippen molar-refractivity contribution in [3.63, 3.8) is 0 Å². The van der Waals surface area contributed by atoms with E-state index in [0.717, 1.165) is 44.6 Å². The van der Waals surface area contributed by atoms with Crippen molar-refractivity contribution in [3.05, 3.63) is 206 Å². The predicted octanol–water partition coefficient (Wildman–Crippen LogP) is 14.6. The number of hydrogen-bond acceptors (Lipinski definition) is 2. The molecule has 0 aliphatic heterocycles. The highest BCUT2D eigenvalue weighted by Gasteiger charge is 2.21. The van der Waals surface area contributed by atoms with Crippen LogP contribution in [0, 0.1) is 0 Å². The quantitative estimate of drug-likeness (QED) is 0.172. The second-order valence-electron chi connectivity index (χ2n) is 14.1. The Kier molecular flexibility index (Phi) is 7.17. The van der Waals surface area contributed by atoms with E-state index in [9.17, 15) is 0 Å². The maximum Gasteiger partial charge on any atom is 0.159 e. The van der Waals surface area contributed by atoms with Crippen LogP contribution in [-0.2, 0) is 0 Å². The highest BCUT2D eigenvalue weighted by Crippen LogP contribution is 2.45. The molecule has 0 saturated carbocycles. The average Bonchev–Trinajstić information content (AvgIpc) is 3.81. The van der Waals surface area contributed by atoms with Gasteiger partial charge < -0.3 is 13.9 Å². The van der Waals surface area contributed by atoms with Crippen LogP contribution in [0.1, 0.15) is 0 Å². The molecular formula is C52H34N2O. The Labute approximate surface area is 318 Å². The van der Waals surface area contributed by atoms with Gasteiger partial charge in [-0.1, -0.05) is 158 Å². The normalized spacial score (nSPS) is 11.6. The van der Waals surface area contributed by atoms with Gasteiger partial charge in [-0.25, -0.2) is 0 Å². The highest BCUT2D eigenvalue weighted by molar-refractivity contribution is 6.12. The molecule has 11 aromatic rings. The van der Waals surface area contributed by atoms with E-state index in [0.29, 0.717) is 0 Å². The molecule has 3 heteroatoms. The van der Waals surface area contributed by atoms with E-state index in [2.05, 4.69) is 204 Å². The van der Waals surface area contributed by atoms with E-state index < -0.39 is 0 Å². The number of aromatic nitrogens is 1. The van der Waals surface area contributed by atoms with Gasteiger partial charge in [0.05, 0.1) is 28.1 Å². The molecule has 0 bridgehead atoms. The van der Waals surface area contributed by atoms with E-state index in [1.807, 2.05) is 12.1 Å². The number of anilines is 3. The topological polar surface area (TPSA) is 21.3 Å². The van der Waals surface area contributed by atoms with Gasteiger partial charge in [-0.3, -0.25) is 0 Å². The van der Waals surface area contributed by atoms with Crippen LogP contribution >= 0.6 is 0 Å². The molecule has 2 heterocycles. The number of hydrogen-bond donors (Lipinski definition) is 0. The molecule has 0 radical (unpaired) electrons. The second kappa shape index (κ2) is 12.6. The smallest absolute Gasteiger partial charge is 0.159 e. The van der Waals surface area contributed by atoms with Crippen molar-refractivity contribution >= 4 is 71.6 Å². The number of furan rings is 1. The van der Waals surface area contributed by atoms with Crippen LogP contribution in [0.15, 0.2) is 211 Å². The van der Waals surface area contributed by atoms with Gasteiger partial charge >= 0.3 is 0 Å². The molecule has 0 aliphatic carbocycles. The van der Waals surface area contributed by atoms with Gasteiger partial charge in [-0.05, 0) is 70.6 Å². The van der Waals surface area contributed by atoms with E-state index in [1.165, 1.54) is 55.0 Å². The SMILES string of the molecule is c1ccc(-n2c3ccccc3c3ccccc32)c(-c2ccc(-c3ccc(N(c4cccc5ccccc45)c4cccc5c4oc4ccccc45)cc3)cc2)c1. The third kappa shape index (κ3) is 5.05. The lowest BCUT2D eigenvalue weighted by Gasteiger charge is -2.27.